The van der Waals surface area contributed by atoms with Gasteiger partial charge >= 0.3 is 0 Å². The molecule has 1 aromatic heterocycles. The molecule has 4 nitrogen and oxygen atoms in total. The number of unbranched alkanes of at least 4 members (excludes halogenated alkanes) is 2. The minimum absolute atomic E-state index is 0.199. The Morgan fingerprint density at radius 2 is 1.48 bits per heavy atom. The van der Waals surface area contributed by atoms with Crippen LogP contribution in [-0.4, -0.2) is 54.0 Å². The maximum absolute atomic E-state index is 12.3. The Morgan fingerprint density at radius 1 is 0.875 bits per heavy atom. The van der Waals surface area contributed by atoms with Crippen molar-refractivity contribution >= 4 is 0 Å². The summed E-state index contributed by atoms with van der Waals surface area (Å²) in [5.74, 6) is 1.32. The minimum atomic E-state index is -2.30. The van der Waals surface area contributed by atoms with Crippen LogP contribution in [-0.2, 0) is 11.2 Å². The Hall–Kier alpha value is -1.79. The number of halogens is 2. The van der Waals surface area contributed by atoms with E-state index in [1.807, 2.05) is 23.7 Å². The van der Waals surface area contributed by atoms with Crippen LogP contribution in [0.15, 0.2) is 30.3 Å². The van der Waals surface area contributed by atoms with E-state index in [-0.39, 0.29) is 6.42 Å². The van der Waals surface area contributed by atoms with Gasteiger partial charge in [0.2, 0.25) is 6.43 Å². The third-order valence-electron chi connectivity index (χ3n) is 6.91. The second-order valence-corrected chi connectivity index (χ2v) is 11.1. The molecule has 1 atom stereocenters. The number of rotatable bonds is 11. The zero-order chi connectivity index (χ0) is 30.3. The van der Waals surface area contributed by atoms with E-state index in [0.29, 0.717) is 11.5 Å². The summed E-state index contributed by atoms with van der Waals surface area (Å²) in [5, 5.41) is 4.46. The van der Waals surface area contributed by atoms with Crippen LogP contribution in [0.1, 0.15) is 123 Å². The van der Waals surface area contributed by atoms with Gasteiger partial charge in [0.15, 0.2) is 0 Å². The predicted molar refractivity (Wildman–Crippen MR) is 169 cm³/mol. The Balaban J connectivity index is 0.000000602. The van der Waals surface area contributed by atoms with Crippen molar-refractivity contribution < 1.29 is 13.5 Å². The van der Waals surface area contributed by atoms with Crippen molar-refractivity contribution in [3.63, 3.8) is 0 Å². The molecule has 0 aliphatic carbocycles. The number of hydrogen-bond acceptors (Lipinski definition) is 3. The highest BCUT2D eigenvalue weighted by Gasteiger charge is 2.11. The molecule has 232 valence electrons. The second-order valence-electron chi connectivity index (χ2n) is 11.1. The summed E-state index contributed by atoms with van der Waals surface area (Å²) < 4.78 is 31.7. The lowest BCUT2D eigenvalue weighted by molar-refractivity contribution is 0.0380. The molecule has 0 saturated carbocycles. The first kappa shape index (κ1) is 38.2. The normalized spacial score (nSPS) is 14.0. The van der Waals surface area contributed by atoms with Crippen LogP contribution in [0.3, 0.4) is 0 Å². The Morgan fingerprint density at radius 3 is 1.93 bits per heavy atom. The largest absolute Gasteiger partial charge is 0.379 e. The molecule has 6 heteroatoms. The first-order chi connectivity index (χ1) is 19.1. The summed E-state index contributed by atoms with van der Waals surface area (Å²) in [7, 11) is 0. The molecule has 1 aromatic carbocycles. The van der Waals surface area contributed by atoms with Crippen molar-refractivity contribution in [1.29, 1.82) is 0 Å². The predicted octanol–water partition coefficient (Wildman–Crippen LogP) is 9.87. The van der Waals surface area contributed by atoms with Crippen LogP contribution in [0.4, 0.5) is 8.78 Å². The van der Waals surface area contributed by atoms with E-state index in [1.54, 1.807) is 12.1 Å². The quantitative estimate of drug-likeness (QED) is 0.272. The average Bonchev–Trinajstić information content (AvgIpc) is 3.35. The standard InChI is InChI=1S/C15H18F2N2.C8H18.C7H15NO.C4H10/c1-10(2)14-8-11(3)18-19(14)13-6-4-12(5-7-13)9-15(16)17;1-4-6-7-8(3)5-2;1-2-3-8-4-6-9-7-5-8;1-3-4-2/h4-8,10,15H,9H2,1-3H3;8H,4-7H2,1-3H3;2-7H2,1H3;3-4H2,1-2H3. The molecule has 0 bridgehead atoms. The Bertz CT molecular complexity index is 825. The molecule has 0 spiro atoms. The average molecular weight is 566 g/mol. The van der Waals surface area contributed by atoms with Crippen molar-refractivity contribution in [3.05, 3.63) is 47.3 Å². The highest BCUT2D eigenvalue weighted by Crippen LogP contribution is 2.21. The van der Waals surface area contributed by atoms with Gasteiger partial charge in [-0.15, -0.1) is 0 Å². The van der Waals surface area contributed by atoms with Crippen LogP contribution < -0.4 is 0 Å². The van der Waals surface area contributed by atoms with Crippen molar-refractivity contribution in [2.75, 3.05) is 32.8 Å². The summed E-state index contributed by atoms with van der Waals surface area (Å²) in [5.41, 5.74) is 3.64. The maximum Gasteiger partial charge on any atom is 0.242 e. The summed E-state index contributed by atoms with van der Waals surface area (Å²) >= 11 is 0. The second kappa shape index (κ2) is 23.9. The molecular weight excluding hydrogens is 504 g/mol. The fraction of sp³-hybridized carbons (Fsp3) is 0.735. The van der Waals surface area contributed by atoms with Crippen LogP contribution in [0.2, 0.25) is 0 Å². The molecular formula is C34H61F2N3O. The molecule has 3 rings (SSSR count). The molecule has 0 amide bonds. The molecule has 0 radical (unpaired) electrons. The van der Waals surface area contributed by atoms with Gasteiger partial charge in [-0.05, 0) is 55.5 Å². The van der Waals surface area contributed by atoms with Gasteiger partial charge in [0.25, 0.3) is 0 Å². The number of hydrogen-bond donors (Lipinski definition) is 0. The van der Waals surface area contributed by atoms with E-state index in [9.17, 15) is 8.78 Å². The van der Waals surface area contributed by atoms with E-state index >= 15 is 0 Å². The third kappa shape index (κ3) is 17.8. The topological polar surface area (TPSA) is 30.3 Å². The molecule has 2 aromatic rings. The molecule has 1 saturated heterocycles. The third-order valence-corrected chi connectivity index (χ3v) is 6.91. The smallest absolute Gasteiger partial charge is 0.242 e. The monoisotopic (exact) mass is 565 g/mol. The van der Waals surface area contributed by atoms with E-state index in [0.717, 1.165) is 49.3 Å². The molecule has 1 fully saturated rings. The van der Waals surface area contributed by atoms with Gasteiger partial charge in [0, 0.05) is 25.2 Å². The highest BCUT2D eigenvalue weighted by atomic mass is 19.3. The molecule has 1 unspecified atom stereocenters. The number of ether oxygens (including phenoxy) is 1. The number of benzene rings is 1. The van der Waals surface area contributed by atoms with E-state index < -0.39 is 6.43 Å². The molecule has 40 heavy (non-hydrogen) atoms. The van der Waals surface area contributed by atoms with E-state index in [2.05, 4.69) is 71.5 Å². The number of nitrogens with zero attached hydrogens (tertiary/aromatic N) is 3. The SMILES string of the molecule is CCCC.CCCCC(C)CC.CCCN1CCOCC1.Cc1cc(C(C)C)n(-c2ccc(CC(F)F)cc2)n1. The fourth-order valence-corrected chi connectivity index (χ4v) is 3.99. The number of aromatic nitrogens is 2. The summed E-state index contributed by atoms with van der Waals surface area (Å²) in [6, 6.07) is 9.22. The highest BCUT2D eigenvalue weighted by molar-refractivity contribution is 5.37. The molecule has 0 N–H and O–H groups in total. The number of alkyl halides is 2. The summed E-state index contributed by atoms with van der Waals surface area (Å²) in [6.07, 6.45) is 6.94. The van der Waals surface area contributed by atoms with Crippen molar-refractivity contribution in [2.45, 2.75) is 126 Å². The van der Waals surface area contributed by atoms with Crippen LogP contribution in [0.25, 0.3) is 5.69 Å². The summed E-state index contributed by atoms with van der Waals surface area (Å²) in [4.78, 5) is 2.45. The van der Waals surface area contributed by atoms with E-state index in [4.69, 9.17) is 4.74 Å². The van der Waals surface area contributed by atoms with Crippen molar-refractivity contribution in [2.24, 2.45) is 5.92 Å². The van der Waals surface area contributed by atoms with Crippen LogP contribution >= 0.6 is 0 Å². The zero-order valence-electron chi connectivity index (χ0n) is 27.3. The molecule has 2 heterocycles. The van der Waals surface area contributed by atoms with Gasteiger partial charge < -0.3 is 4.74 Å². The number of morpholine rings is 1. The lowest BCUT2D eigenvalue weighted by atomic mass is 10.0. The fourth-order valence-electron chi connectivity index (χ4n) is 3.99. The Kier molecular flexibility index (Phi) is 22.8. The van der Waals surface area contributed by atoms with Gasteiger partial charge in [0.05, 0.1) is 24.6 Å². The van der Waals surface area contributed by atoms with Crippen LogP contribution in [0.5, 0.6) is 0 Å². The van der Waals surface area contributed by atoms with Gasteiger partial charge in [0.1, 0.15) is 0 Å². The van der Waals surface area contributed by atoms with Gasteiger partial charge in [-0.2, -0.15) is 5.10 Å². The van der Waals surface area contributed by atoms with Crippen molar-refractivity contribution in [3.8, 4) is 5.69 Å². The first-order valence-corrected chi connectivity index (χ1v) is 15.9. The maximum atomic E-state index is 12.3. The molecule has 1 aliphatic rings. The first-order valence-electron chi connectivity index (χ1n) is 15.9. The Labute approximate surface area is 245 Å². The van der Waals surface area contributed by atoms with Crippen molar-refractivity contribution in [1.82, 2.24) is 14.7 Å². The van der Waals surface area contributed by atoms with Gasteiger partial charge in [-0.3, -0.25) is 4.90 Å². The molecule has 1 aliphatic heterocycles. The summed E-state index contributed by atoms with van der Waals surface area (Å²) in [6.45, 7) is 25.0. The van der Waals surface area contributed by atoms with Gasteiger partial charge in [-0.1, -0.05) is 106 Å². The van der Waals surface area contributed by atoms with Gasteiger partial charge in [-0.25, -0.2) is 13.5 Å². The van der Waals surface area contributed by atoms with E-state index in [1.165, 1.54) is 51.5 Å². The number of aryl methyl sites for hydroxylation is 1. The lowest BCUT2D eigenvalue weighted by Crippen LogP contribution is -2.36. The van der Waals surface area contributed by atoms with Crippen LogP contribution in [0, 0.1) is 12.8 Å². The lowest BCUT2D eigenvalue weighted by Gasteiger charge is -2.25. The zero-order valence-corrected chi connectivity index (χ0v) is 27.3. The minimum Gasteiger partial charge on any atom is -0.379 e.